The highest BCUT2D eigenvalue weighted by Gasteiger charge is 2.30. The maximum atomic E-state index is 12.9. The van der Waals surface area contributed by atoms with Crippen molar-refractivity contribution >= 4 is 29.7 Å². The molecule has 3 rings (SSSR count). The summed E-state index contributed by atoms with van der Waals surface area (Å²) < 4.78 is 0. The summed E-state index contributed by atoms with van der Waals surface area (Å²) >= 11 is 0. The number of hydrogen-bond donors (Lipinski definition) is 2. The topological polar surface area (TPSA) is 87.5 Å². The van der Waals surface area contributed by atoms with E-state index in [0.29, 0.717) is 24.3 Å². The Hall–Kier alpha value is -2.64. The Morgan fingerprint density at radius 3 is 2.68 bits per heavy atom. The molecule has 1 aliphatic heterocycles. The van der Waals surface area contributed by atoms with E-state index in [1.165, 1.54) is 6.07 Å². The maximum absolute atomic E-state index is 12.9. The Morgan fingerprint density at radius 2 is 2.00 bits per heavy atom. The van der Waals surface area contributed by atoms with Gasteiger partial charge in [0.15, 0.2) is 0 Å². The van der Waals surface area contributed by atoms with Crippen LogP contribution in [0.4, 0.5) is 11.4 Å². The highest BCUT2D eigenvalue weighted by molar-refractivity contribution is 5.96. The molecule has 1 amide bonds. The molecule has 2 aromatic rings. The molecule has 0 aromatic heterocycles. The lowest BCUT2D eigenvalue weighted by Crippen LogP contribution is -2.40. The quantitative estimate of drug-likeness (QED) is 0.545. The molecule has 8 heteroatoms. The smallest absolute Gasteiger partial charge is 0.293 e. The molecule has 1 saturated heterocycles. The van der Waals surface area contributed by atoms with Crippen LogP contribution in [0, 0.1) is 10.1 Å². The molecule has 0 bridgehead atoms. The van der Waals surface area contributed by atoms with Crippen LogP contribution < -0.4 is 10.6 Å². The fraction of sp³-hybridized carbons (Fsp3) is 0.350. The van der Waals surface area contributed by atoms with Gasteiger partial charge in [0, 0.05) is 37.3 Å². The molecule has 1 unspecified atom stereocenters. The van der Waals surface area contributed by atoms with Crippen molar-refractivity contribution in [2.45, 2.75) is 25.4 Å². The monoisotopic (exact) mass is 404 g/mol. The van der Waals surface area contributed by atoms with Crippen LogP contribution in [0.1, 0.15) is 28.8 Å². The van der Waals surface area contributed by atoms with Crippen LogP contribution in [0.2, 0.25) is 0 Å². The van der Waals surface area contributed by atoms with Gasteiger partial charge in [0.2, 0.25) is 0 Å². The van der Waals surface area contributed by atoms with Crippen molar-refractivity contribution in [1.82, 2.24) is 10.2 Å². The number of hydrogen-bond acceptors (Lipinski definition) is 5. The van der Waals surface area contributed by atoms with Crippen molar-refractivity contribution in [2.24, 2.45) is 0 Å². The minimum atomic E-state index is -0.445. The fourth-order valence-corrected chi connectivity index (χ4v) is 3.48. The van der Waals surface area contributed by atoms with E-state index < -0.39 is 4.92 Å². The minimum absolute atomic E-state index is 0. The number of carbonyl (C=O) groups excluding carboxylic acids is 1. The van der Waals surface area contributed by atoms with Crippen molar-refractivity contribution in [3.05, 3.63) is 69.8 Å². The number of likely N-dealkylation sites (N-methyl/N-ethyl adjacent to an activating group) is 1. The van der Waals surface area contributed by atoms with Crippen LogP contribution >= 0.6 is 12.4 Å². The first-order valence-corrected chi connectivity index (χ1v) is 9.12. The number of benzene rings is 2. The minimum Gasteiger partial charge on any atom is -0.375 e. The van der Waals surface area contributed by atoms with Gasteiger partial charge in [-0.15, -0.1) is 12.4 Å². The lowest BCUT2D eigenvalue weighted by Gasteiger charge is -2.24. The van der Waals surface area contributed by atoms with Gasteiger partial charge >= 0.3 is 0 Å². The van der Waals surface area contributed by atoms with Gasteiger partial charge in [-0.05, 0) is 37.6 Å². The van der Waals surface area contributed by atoms with Crippen molar-refractivity contribution in [2.75, 3.05) is 25.5 Å². The SMILES string of the molecule is CNCC1CCCN1C(=O)c1ccc(NCc2ccccc2)c([N+](=O)[O-])c1.Cl. The fourth-order valence-electron chi connectivity index (χ4n) is 3.48. The predicted molar refractivity (Wildman–Crippen MR) is 112 cm³/mol. The van der Waals surface area contributed by atoms with E-state index in [1.54, 1.807) is 12.1 Å². The van der Waals surface area contributed by atoms with Crippen LogP contribution in [0.25, 0.3) is 0 Å². The number of likely N-dealkylation sites (tertiary alicyclic amines) is 1. The van der Waals surface area contributed by atoms with Crippen LogP contribution in [-0.2, 0) is 6.54 Å². The molecule has 7 nitrogen and oxygen atoms in total. The molecule has 0 radical (unpaired) electrons. The van der Waals surface area contributed by atoms with Gasteiger partial charge in [0.1, 0.15) is 5.69 Å². The summed E-state index contributed by atoms with van der Waals surface area (Å²) in [5, 5.41) is 17.7. The summed E-state index contributed by atoms with van der Waals surface area (Å²) in [4.78, 5) is 25.7. The molecule has 2 N–H and O–H groups in total. The molecule has 1 atom stereocenters. The molecule has 0 spiro atoms. The summed E-state index contributed by atoms with van der Waals surface area (Å²) in [6.07, 6.45) is 1.91. The average molecular weight is 405 g/mol. The van der Waals surface area contributed by atoms with Gasteiger partial charge in [-0.3, -0.25) is 14.9 Å². The van der Waals surface area contributed by atoms with Crippen LogP contribution in [0.5, 0.6) is 0 Å². The third-order valence-corrected chi connectivity index (χ3v) is 4.84. The van der Waals surface area contributed by atoms with Gasteiger partial charge in [-0.25, -0.2) is 0 Å². The van der Waals surface area contributed by atoms with E-state index in [9.17, 15) is 14.9 Å². The summed E-state index contributed by atoms with van der Waals surface area (Å²) in [5.74, 6) is -0.148. The van der Waals surface area contributed by atoms with Crippen LogP contribution in [0.3, 0.4) is 0 Å². The normalized spacial score (nSPS) is 15.8. The zero-order valence-corrected chi connectivity index (χ0v) is 16.6. The Labute approximate surface area is 170 Å². The zero-order valence-electron chi connectivity index (χ0n) is 15.8. The van der Waals surface area contributed by atoms with Gasteiger partial charge in [-0.2, -0.15) is 0 Å². The van der Waals surface area contributed by atoms with Crippen molar-refractivity contribution in [3.63, 3.8) is 0 Å². The number of nitrogens with zero attached hydrogens (tertiary/aromatic N) is 2. The van der Waals surface area contributed by atoms with E-state index in [1.807, 2.05) is 42.3 Å². The molecular formula is C20H25ClN4O3. The first kappa shape index (κ1) is 21.7. The van der Waals surface area contributed by atoms with E-state index in [0.717, 1.165) is 24.9 Å². The third kappa shape index (κ3) is 4.99. The number of carbonyl (C=O) groups is 1. The second-order valence-electron chi connectivity index (χ2n) is 6.68. The second-order valence-corrected chi connectivity index (χ2v) is 6.68. The predicted octanol–water partition coefficient (Wildman–Crippen LogP) is 3.45. The molecule has 28 heavy (non-hydrogen) atoms. The standard InChI is InChI=1S/C20H24N4O3.ClH/c1-21-14-17-8-5-11-23(17)20(25)16-9-10-18(19(12-16)24(26)27)22-13-15-6-3-2-4-7-15;/h2-4,6-7,9-10,12,17,21-22H,5,8,11,13-14H2,1H3;1H. The average Bonchev–Trinajstić information content (AvgIpc) is 3.15. The summed E-state index contributed by atoms with van der Waals surface area (Å²) in [6.45, 7) is 1.89. The molecule has 1 fully saturated rings. The number of nitro groups is 1. The van der Waals surface area contributed by atoms with Gasteiger partial charge in [0.05, 0.1) is 4.92 Å². The summed E-state index contributed by atoms with van der Waals surface area (Å²) in [5.41, 5.74) is 1.71. The maximum Gasteiger partial charge on any atom is 0.293 e. The van der Waals surface area contributed by atoms with E-state index >= 15 is 0 Å². The van der Waals surface area contributed by atoms with Crippen LogP contribution in [-0.4, -0.2) is 41.9 Å². The van der Waals surface area contributed by atoms with Gasteiger partial charge in [0.25, 0.3) is 11.6 Å². The third-order valence-electron chi connectivity index (χ3n) is 4.84. The number of amides is 1. The molecule has 150 valence electrons. The van der Waals surface area contributed by atoms with E-state index in [-0.39, 0.29) is 30.0 Å². The zero-order chi connectivity index (χ0) is 19.2. The molecule has 1 heterocycles. The Balaban J connectivity index is 0.00000280. The molecular weight excluding hydrogens is 380 g/mol. The number of halogens is 1. The number of anilines is 1. The van der Waals surface area contributed by atoms with Crippen LogP contribution in [0.15, 0.2) is 48.5 Å². The van der Waals surface area contributed by atoms with E-state index in [4.69, 9.17) is 0 Å². The Morgan fingerprint density at radius 1 is 1.25 bits per heavy atom. The lowest BCUT2D eigenvalue weighted by atomic mass is 10.1. The summed E-state index contributed by atoms with van der Waals surface area (Å²) in [7, 11) is 1.86. The summed E-state index contributed by atoms with van der Waals surface area (Å²) in [6, 6.07) is 14.5. The second kappa shape index (κ2) is 10.1. The number of nitrogens with one attached hydrogen (secondary N) is 2. The van der Waals surface area contributed by atoms with Gasteiger partial charge < -0.3 is 15.5 Å². The lowest BCUT2D eigenvalue weighted by molar-refractivity contribution is -0.384. The molecule has 0 aliphatic carbocycles. The Bertz CT molecular complexity index is 816. The first-order valence-electron chi connectivity index (χ1n) is 9.12. The van der Waals surface area contributed by atoms with Gasteiger partial charge in [-0.1, -0.05) is 30.3 Å². The van der Waals surface area contributed by atoms with Crippen molar-refractivity contribution in [3.8, 4) is 0 Å². The molecule has 1 aliphatic rings. The molecule has 2 aromatic carbocycles. The number of nitro benzene ring substituents is 1. The highest BCUT2D eigenvalue weighted by atomic mass is 35.5. The van der Waals surface area contributed by atoms with E-state index in [2.05, 4.69) is 10.6 Å². The largest absolute Gasteiger partial charge is 0.375 e. The highest BCUT2D eigenvalue weighted by Crippen LogP contribution is 2.28. The Kier molecular flexibility index (Phi) is 7.78. The number of rotatable bonds is 7. The van der Waals surface area contributed by atoms with Crippen molar-refractivity contribution < 1.29 is 9.72 Å². The van der Waals surface area contributed by atoms with Crippen molar-refractivity contribution in [1.29, 1.82) is 0 Å². The first-order chi connectivity index (χ1) is 13.1. The molecule has 0 saturated carbocycles.